The highest BCUT2D eigenvalue weighted by molar-refractivity contribution is 9.10. The van der Waals surface area contributed by atoms with Crippen LogP contribution in [0.3, 0.4) is 0 Å². The first-order valence-corrected chi connectivity index (χ1v) is 8.35. The van der Waals surface area contributed by atoms with Crippen molar-refractivity contribution in [3.8, 4) is 0 Å². The van der Waals surface area contributed by atoms with Crippen LogP contribution in [0.5, 0.6) is 0 Å². The molecule has 1 unspecified atom stereocenters. The van der Waals surface area contributed by atoms with Crippen LogP contribution in [0.15, 0.2) is 28.7 Å². The van der Waals surface area contributed by atoms with Crippen molar-refractivity contribution in [2.45, 2.75) is 31.8 Å². The van der Waals surface area contributed by atoms with E-state index in [1.807, 2.05) is 0 Å². The van der Waals surface area contributed by atoms with E-state index in [1.54, 1.807) is 0 Å². The van der Waals surface area contributed by atoms with Crippen molar-refractivity contribution in [2.24, 2.45) is 0 Å². The fraction of sp³-hybridized carbons (Fsp3) is 0.625. The minimum atomic E-state index is 0.262. The van der Waals surface area contributed by atoms with E-state index in [9.17, 15) is 0 Å². The van der Waals surface area contributed by atoms with Crippen LogP contribution in [0.4, 0.5) is 5.69 Å². The van der Waals surface area contributed by atoms with Crippen LogP contribution >= 0.6 is 15.9 Å². The summed E-state index contributed by atoms with van der Waals surface area (Å²) in [6.07, 6.45) is 1.28. The Kier molecular flexibility index (Phi) is 4.07. The first kappa shape index (κ1) is 14.4. The van der Waals surface area contributed by atoms with Gasteiger partial charge in [-0.1, -0.05) is 22.0 Å². The molecule has 0 radical (unpaired) electrons. The first-order chi connectivity index (χ1) is 9.56. The topological polar surface area (TPSA) is 18.5 Å². The molecule has 2 aliphatic heterocycles. The van der Waals surface area contributed by atoms with E-state index in [2.05, 4.69) is 69.2 Å². The highest BCUT2D eigenvalue weighted by Crippen LogP contribution is 2.27. The Morgan fingerprint density at radius 3 is 2.55 bits per heavy atom. The van der Waals surface area contributed by atoms with E-state index in [0.717, 1.165) is 19.6 Å². The van der Waals surface area contributed by atoms with Crippen molar-refractivity contribution in [1.82, 2.24) is 10.2 Å². The minimum absolute atomic E-state index is 0.262. The van der Waals surface area contributed by atoms with E-state index >= 15 is 0 Å². The molecule has 2 saturated heterocycles. The molecule has 2 fully saturated rings. The normalized spacial score (nSPS) is 26.9. The van der Waals surface area contributed by atoms with E-state index < -0.39 is 0 Å². The second-order valence-corrected chi connectivity index (χ2v) is 7.37. The summed E-state index contributed by atoms with van der Waals surface area (Å²) >= 11 is 3.56. The zero-order chi connectivity index (χ0) is 14.2. The maximum absolute atomic E-state index is 3.63. The predicted octanol–water partition coefficient (Wildman–Crippen LogP) is 2.71. The molecule has 4 heteroatoms. The maximum atomic E-state index is 3.63. The number of halogens is 1. The quantitative estimate of drug-likeness (QED) is 0.895. The molecule has 3 nitrogen and oxygen atoms in total. The SMILES string of the molecule is CC1(C)NCCC1N1CCN(c2cccc(Br)c2)CC1. The van der Waals surface area contributed by atoms with Gasteiger partial charge < -0.3 is 10.2 Å². The summed E-state index contributed by atoms with van der Waals surface area (Å²) in [5.74, 6) is 0. The predicted molar refractivity (Wildman–Crippen MR) is 88.4 cm³/mol. The van der Waals surface area contributed by atoms with Gasteiger partial charge >= 0.3 is 0 Å². The van der Waals surface area contributed by atoms with E-state index in [1.165, 1.54) is 29.7 Å². The molecule has 0 saturated carbocycles. The number of rotatable bonds is 2. The molecule has 0 spiro atoms. The molecule has 1 aromatic carbocycles. The lowest BCUT2D eigenvalue weighted by Crippen LogP contribution is -2.57. The van der Waals surface area contributed by atoms with Crippen LogP contribution in [0.25, 0.3) is 0 Å². The van der Waals surface area contributed by atoms with Crippen LogP contribution in [-0.4, -0.2) is 49.2 Å². The second kappa shape index (κ2) is 5.66. The fourth-order valence-corrected chi connectivity index (χ4v) is 4.00. The molecule has 1 aromatic rings. The number of nitrogens with zero attached hydrogens (tertiary/aromatic N) is 2. The zero-order valence-electron chi connectivity index (χ0n) is 12.4. The van der Waals surface area contributed by atoms with Crippen molar-refractivity contribution < 1.29 is 0 Å². The van der Waals surface area contributed by atoms with Crippen molar-refractivity contribution in [3.63, 3.8) is 0 Å². The van der Waals surface area contributed by atoms with Gasteiger partial charge in [-0.3, -0.25) is 4.90 Å². The molecule has 0 aliphatic carbocycles. The number of nitrogens with one attached hydrogen (secondary N) is 1. The van der Waals surface area contributed by atoms with Crippen LogP contribution in [0.1, 0.15) is 20.3 Å². The van der Waals surface area contributed by atoms with Crippen molar-refractivity contribution in [3.05, 3.63) is 28.7 Å². The van der Waals surface area contributed by atoms with Crippen LogP contribution in [0, 0.1) is 0 Å². The number of benzene rings is 1. The Labute approximate surface area is 130 Å². The molecule has 2 aliphatic rings. The van der Waals surface area contributed by atoms with Crippen molar-refractivity contribution in [1.29, 1.82) is 0 Å². The number of anilines is 1. The summed E-state index contributed by atoms with van der Waals surface area (Å²) in [4.78, 5) is 5.17. The molecule has 0 amide bonds. The van der Waals surface area contributed by atoms with Crippen LogP contribution in [-0.2, 0) is 0 Å². The van der Waals surface area contributed by atoms with E-state index in [0.29, 0.717) is 6.04 Å². The van der Waals surface area contributed by atoms with Crippen molar-refractivity contribution in [2.75, 3.05) is 37.6 Å². The third-order valence-electron chi connectivity index (χ3n) is 4.76. The number of piperazine rings is 1. The monoisotopic (exact) mass is 337 g/mol. The van der Waals surface area contributed by atoms with Gasteiger partial charge in [0.25, 0.3) is 0 Å². The molecule has 0 aromatic heterocycles. The summed E-state index contributed by atoms with van der Waals surface area (Å²) in [7, 11) is 0. The summed E-state index contributed by atoms with van der Waals surface area (Å²) in [6, 6.07) is 9.33. The fourth-order valence-electron chi connectivity index (χ4n) is 3.61. The van der Waals surface area contributed by atoms with Gasteiger partial charge in [-0.15, -0.1) is 0 Å². The van der Waals surface area contributed by atoms with Gasteiger partial charge in [0.2, 0.25) is 0 Å². The minimum Gasteiger partial charge on any atom is -0.369 e. The Morgan fingerprint density at radius 1 is 1.20 bits per heavy atom. The Balaban J connectivity index is 1.62. The standard InChI is InChI=1S/C16H24BrN3/c1-16(2)15(6-7-18-16)20-10-8-19(9-11-20)14-5-3-4-13(17)12-14/h3-5,12,15,18H,6-11H2,1-2H3. The lowest BCUT2D eigenvalue weighted by Gasteiger charge is -2.43. The molecule has 20 heavy (non-hydrogen) atoms. The zero-order valence-corrected chi connectivity index (χ0v) is 14.0. The van der Waals surface area contributed by atoms with Gasteiger partial charge in [0.05, 0.1) is 0 Å². The Bertz CT molecular complexity index is 467. The van der Waals surface area contributed by atoms with Gasteiger partial charge in [0, 0.05) is 47.9 Å². The molecule has 1 N–H and O–H groups in total. The molecular weight excluding hydrogens is 314 g/mol. The summed E-state index contributed by atoms with van der Waals surface area (Å²) < 4.78 is 1.17. The van der Waals surface area contributed by atoms with Crippen molar-refractivity contribution >= 4 is 21.6 Å². The smallest absolute Gasteiger partial charge is 0.0378 e. The third-order valence-corrected chi connectivity index (χ3v) is 5.25. The third kappa shape index (κ3) is 2.87. The Hall–Kier alpha value is -0.580. The van der Waals surface area contributed by atoms with Gasteiger partial charge in [0.1, 0.15) is 0 Å². The summed E-state index contributed by atoms with van der Waals surface area (Å²) in [5, 5.41) is 3.63. The molecule has 0 bridgehead atoms. The first-order valence-electron chi connectivity index (χ1n) is 7.56. The highest BCUT2D eigenvalue weighted by atomic mass is 79.9. The average Bonchev–Trinajstić information content (AvgIpc) is 2.79. The Morgan fingerprint density at radius 2 is 1.95 bits per heavy atom. The largest absolute Gasteiger partial charge is 0.369 e. The van der Waals surface area contributed by atoms with Crippen LogP contribution in [0.2, 0.25) is 0 Å². The molecule has 3 rings (SSSR count). The molecule has 110 valence electrons. The van der Waals surface area contributed by atoms with E-state index in [-0.39, 0.29) is 5.54 Å². The second-order valence-electron chi connectivity index (χ2n) is 6.46. The number of hydrogen-bond acceptors (Lipinski definition) is 3. The molecule has 2 heterocycles. The highest BCUT2D eigenvalue weighted by Gasteiger charge is 2.38. The lowest BCUT2D eigenvalue weighted by molar-refractivity contribution is 0.139. The summed E-state index contributed by atoms with van der Waals surface area (Å²) in [5.41, 5.74) is 1.60. The molecular formula is C16H24BrN3. The lowest BCUT2D eigenvalue weighted by atomic mass is 9.94. The van der Waals surface area contributed by atoms with Gasteiger partial charge in [-0.05, 0) is 45.0 Å². The number of hydrogen-bond donors (Lipinski definition) is 1. The average molecular weight is 338 g/mol. The maximum Gasteiger partial charge on any atom is 0.0378 e. The summed E-state index contributed by atoms with van der Waals surface area (Å²) in [6.45, 7) is 10.4. The van der Waals surface area contributed by atoms with Gasteiger partial charge in [0.15, 0.2) is 0 Å². The van der Waals surface area contributed by atoms with Gasteiger partial charge in [-0.25, -0.2) is 0 Å². The van der Waals surface area contributed by atoms with E-state index in [4.69, 9.17) is 0 Å². The molecule has 1 atom stereocenters. The van der Waals surface area contributed by atoms with Crippen LogP contribution < -0.4 is 10.2 Å². The van der Waals surface area contributed by atoms with Gasteiger partial charge in [-0.2, -0.15) is 0 Å².